The highest BCUT2D eigenvalue weighted by molar-refractivity contribution is 7.57. The van der Waals surface area contributed by atoms with Gasteiger partial charge in [-0.15, -0.1) is 0 Å². The van der Waals surface area contributed by atoms with Crippen LogP contribution in [0.15, 0.2) is 30.3 Å². The predicted octanol–water partition coefficient (Wildman–Crippen LogP) is 3.35. The summed E-state index contributed by atoms with van der Waals surface area (Å²) in [6.45, 7) is 3.57. The van der Waals surface area contributed by atoms with E-state index in [4.69, 9.17) is 5.11 Å². The molecule has 5 heteroatoms. The fraction of sp³-hybridized carbons (Fsp3) is 0.500. The number of hydrogen-bond donors (Lipinski definition) is 2. The molecule has 0 aliphatic rings. The molecule has 106 valence electrons. The summed E-state index contributed by atoms with van der Waals surface area (Å²) < 4.78 is 12.4. The number of carboxylic acids is 1. The minimum absolute atomic E-state index is 0.0385. The van der Waals surface area contributed by atoms with Crippen LogP contribution in [0.25, 0.3) is 0 Å². The van der Waals surface area contributed by atoms with Crippen molar-refractivity contribution >= 4 is 13.3 Å². The molecule has 1 aromatic rings. The Kier molecular flexibility index (Phi) is 5.77. The molecule has 0 aromatic heterocycles. The van der Waals surface area contributed by atoms with Crippen LogP contribution in [-0.2, 0) is 15.5 Å². The van der Waals surface area contributed by atoms with Crippen molar-refractivity contribution in [3.63, 3.8) is 0 Å². The number of hydrogen-bond acceptors (Lipinski definition) is 2. The van der Waals surface area contributed by atoms with Crippen molar-refractivity contribution in [3.05, 3.63) is 35.9 Å². The lowest BCUT2D eigenvalue weighted by atomic mass is 10.0. The van der Waals surface area contributed by atoms with Crippen molar-refractivity contribution in [2.45, 2.75) is 38.5 Å². The van der Waals surface area contributed by atoms with Gasteiger partial charge in [-0.3, -0.25) is 9.36 Å². The number of rotatable bonds is 7. The molecule has 0 spiro atoms. The molecule has 0 bridgehead atoms. The lowest BCUT2D eigenvalue weighted by Crippen LogP contribution is -2.17. The van der Waals surface area contributed by atoms with Crippen molar-refractivity contribution < 1.29 is 19.4 Å². The van der Waals surface area contributed by atoms with Crippen molar-refractivity contribution in [2.24, 2.45) is 5.92 Å². The molecule has 0 saturated heterocycles. The van der Waals surface area contributed by atoms with Gasteiger partial charge in [0.2, 0.25) is 7.37 Å². The van der Waals surface area contributed by atoms with Crippen LogP contribution in [0, 0.1) is 5.92 Å². The van der Waals surface area contributed by atoms with Crippen LogP contribution in [0.1, 0.15) is 32.3 Å². The van der Waals surface area contributed by atoms with Crippen molar-refractivity contribution in [2.75, 3.05) is 0 Å². The molecule has 3 atom stereocenters. The highest BCUT2D eigenvalue weighted by atomic mass is 31.2. The van der Waals surface area contributed by atoms with E-state index in [2.05, 4.69) is 0 Å². The Balaban J connectivity index is 2.65. The summed E-state index contributed by atoms with van der Waals surface area (Å²) in [6.07, 6.45) is 0.610. The summed E-state index contributed by atoms with van der Waals surface area (Å²) in [7, 11) is -3.31. The third-order valence-corrected chi connectivity index (χ3v) is 6.13. The average Bonchev–Trinajstić information content (AvgIpc) is 2.35. The van der Waals surface area contributed by atoms with Gasteiger partial charge >= 0.3 is 5.97 Å². The van der Waals surface area contributed by atoms with E-state index in [0.717, 1.165) is 5.56 Å². The van der Waals surface area contributed by atoms with Crippen LogP contribution in [0.4, 0.5) is 0 Å². The Labute approximate surface area is 113 Å². The van der Waals surface area contributed by atoms with Gasteiger partial charge in [0.15, 0.2) is 0 Å². The quantitative estimate of drug-likeness (QED) is 0.753. The van der Waals surface area contributed by atoms with Crippen LogP contribution in [-0.4, -0.2) is 21.6 Å². The molecule has 3 unspecified atom stereocenters. The van der Waals surface area contributed by atoms with Gasteiger partial charge in [-0.1, -0.05) is 44.2 Å². The summed E-state index contributed by atoms with van der Waals surface area (Å²) in [4.78, 5) is 20.7. The monoisotopic (exact) mass is 284 g/mol. The highest BCUT2D eigenvalue weighted by Crippen LogP contribution is 2.52. The van der Waals surface area contributed by atoms with Gasteiger partial charge < -0.3 is 10.00 Å². The average molecular weight is 284 g/mol. The maximum absolute atomic E-state index is 12.4. The maximum atomic E-state index is 12.4. The zero-order valence-electron chi connectivity index (χ0n) is 11.3. The minimum Gasteiger partial charge on any atom is -0.481 e. The molecule has 0 aliphatic carbocycles. The summed E-state index contributed by atoms with van der Waals surface area (Å²) >= 11 is 0. The molecule has 0 fully saturated rings. The standard InChI is InChI=1S/C14H21O4P/c1-11(8-9-14(15)16)12(2)19(17,18)10-13-6-4-3-5-7-13/h3-7,11-12H,8-10H2,1-2H3,(H,15,16)(H,17,18). The zero-order valence-corrected chi connectivity index (χ0v) is 12.2. The second-order valence-electron chi connectivity index (χ2n) is 5.05. The first-order valence-electron chi connectivity index (χ1n) is 6.40. The lowest BCUT2D eigenvalue weighted by Gasteiger charge is -2.25. The normalized spacial score (nSPS) is 17.4. The van der Waals surface area contributed by atoms with Gasteiger partial charge in [-0.05, 0) is 17.9 Å². The van der Waals surface area contributed by atoms with Crippen molar-refractivity contribution in [3.8, 4) is 0 Å². The molecule has 2 N–H and O–H groups in total. The first-order chi connectivity index (χ1) is 8.83. The summed E-state index contributed by atoms with van der Waals surface area (Å²) in [6, 6.07) is 9.21. The van der Waals surface area contributed by atoms with Crippen molar-refractivity contribution in [1.82, 2.24) is 0 Å². The van der Waals surface area contributed by atoms with Crippen LogP contribution < -0.4 is 0 Å². The van der Waals surface area contributed by atoms with Crippen LogP contribution in [0.3, 0.4) is 0 Å². The first-order valence-corrected chi connectivity index (χ1v) is 8.31. The number of aliphatic carboxylic acids is 1. The molecule has 0 aliphatic heterocycles. The molecule has 0 heterocycles. The van der Waals surface area contributed by atoms with E-state index < -0.39 is 19.0 Å². The molecule has 0 amide bonds. The number of carboxylic acid groups (broad SMARTS) is 1. The Bertz CT molecular complexity index is 458. The second-order valence-corrected chi connectivity index (χ2v) is 7.69. The molecular weight excluding hydrogens is 263 g/mol. The predicted molar refractivity (Wildman–Crippen MR) is 75.5 cm³/mol. The van der Waals surface area contributed by atoms with Crippen LogP contribution in [0.5, 0.6) is 0 Å². The summed E-state index contributed by atoms with van der Waals surface area (Å²) in [5.41, 5.74) is 0.442. The second kappa shape index (κ2) is 6.88. The lowest BCUT2D eigenvalue weighted by molar-refractivity contribution is -0.137. The van der Waals surface area contributed by atoms with Gasteiger partial charge in [-0.25, -0.2) is 0 Å². The van der Waals surface area contributed by atoms with Crippen LogP contribution in [0.2, 0.25) is 0 Å². The zero-order chi connectivity index (χ0) is 14.5. The topological polar surface area (TPSA) is 74.6 Å². The molecule has 4 nitrogen and oxygen atoms in total. The van der Waals surface area contributed by atoms with Gasteiger partial charge in [0.1, 0.15) is 0 Å². The molecule has 1 rings (SSSR count). The third-order valence-electron chi connectivity index (χ3n) is 3.53. The Morgan fingerprint density at radius 1 is 1.26 bits per heavy atom. The molecule has 19 heavy (non-hydrogen) atoms. The van der Waals surface area contributed by atoms with Gasteiger partial charge in [0.25, 0.3) is 0 Å². The summed E-state index contributed by atoms with van der Waals surface area (Å²) in [5, 5.41) is 8.65. The summed E-state index contributed by atoms with van der Waals surface area (Å²) in [5.74, 6) is -0.953. The number of carbonyl (C=O) groups is 1. The van der Waals surface area contributed by atoms with Gasteiger partial charge in [0, 0.05) is 18.2 Å². The molecule has 1 aromatic carbocycles. The molecule has 0 saturated carbocycles. The fourth-order valence-electron chi connectivity index (χ4n) is 1.98. The van der Waals surface area contributed by atoms with E-state index in [9.17, 15) is 14.3 Å². The van der Waals surface area contributed by atoms with Gasteiger partial charge in [0.05, 0.1) is 0 Å². The molecular formula is C14H21O4P. The Morgan fingerprint density at radius 3 is 2.37 bits per heavy atom. The Hall–Kier alpha value is -1.12. The largest absolute Gasteiger partial charge is 0.481 e. The fourth-order valence-corrected chi connectivity index (χ4v) is 3.95. The Morgan fingerprint density at radius 2 is 1.84 bits per heavy atom. The number of benzene rings is 1. The van der Waals surface area contributed by atoms with E-state index in [0.29, 0.717) is 6.42 Å². The van der Waals surface area contributed by atoms with E-state index in [1.54, 1.807) is 6.92 Å². The third kappa shape index (κ3) is 5.17. The minimum atomic E-state index is -3.31. The van der Waals surface area contributed by atoms with E-state index in [1.165, 1.54) is 0 Å². The highest BCUT2D eigenvalue weighted by Gasteiger charge is 2.31. The smallest absolute Gasteiger partial charge is 0.303 e. The SMILES string of the molecule is CC(CCC(=O)O)C(C)P(=O)(O)Cc1ccccc1. The van der Waals surface area contributed by atoms with E-state index in [-0.39, 0.29) is 18.5 Å². The maximum Gasteiger partial charge on any atom is 0.303 e. The van der Waals surface area contributed by atoms with E-state index in [1.807, 2.05) is 37.3 Å². The van der Waals surface area contributed by atoms with Crippen molar-refractivity contribution in [1.29, 1.82) is 0 Å². The van der Waals surface area contributed by atoms with Gasteiger partial charge in [-0.2, -0.15) is 0 Å². The molecule has 0 radical (unpaired) electrons. The first kappa shape index (κ1) is 15.9. The van der Waals surface area contributed by atoms with E-state index >= 15 is 0 Å². The van der Waals surface area contributed by atoms with Crippen LogP contribution >= 0.6 is 7.37 Å².